The third-order valence-corrected chi connectivity index (χ3v) is 1.86. The van der Waals surface area contributed by atoms with Crippen LogP contribution < -0.4 is 10.1 Å². The summed E-state index contributed by atoms with van der Waals surface area (Å²) in [4.78, 5) is 4.01. The molecule has 1 atom stereocenters. The molecule has 1 N–H and O–H groups in total. The number of likely N-dealkylation sites (N-methyl/N-ethyl adjacent to an activating group) is 1. The molecule has 3 nitrogen and oxygen atoms in total. The van der Waals surface area contributed by atoms with Gasteiger partial charge in [0, 0.05) is 18.1 Å². The number of hydrogen-bond donors (Lipinski definition) is 1. The molecule has 0 aliphatic heterocycles. The van der Waals surface area contributed by atoms with E-state index < -0.39 is 0 Å². The van der Waals surface area contributed by atoms with Gasteiger partial charge in [-0.1, -0.05) is 11.3 Å². The Balaban J connectivity index is 2.31. The first kappa shape index (κ1) is 8.49. The molecule has 0 saturated carbocycles. The second-order valence-electron chi connectivity index (χ2n) is 2.28. The van der Waals surface area contributed by atoms with Gasteiger partial charge in [0.1, 0.15) is 6.10 Å². The minimum absolute atomic E-state index is 0.186. The molecule has 0 radical (unpaired) electrons. The van der Waals surface area contributed by atoms with E-state index in [1.807, 2.05) is 19.4 Å². The van der Waals surface area contributed by atoms with E-state index in [2.05, 4.69) is 10.3 Å². The van der Waals surface area contributed by atoms with Crippen LogP contribution in [0.2, 0.25) is 0 Å². The second-order valence-corrected chi connectivity index (χ2v) is 3.14. The van der Waals surface area contributed by atoms with Gasteiger partial charge in [-0.25, -0.2) is 4.98 Å². The quantitative estimate of drug-likeness (QED) is 0.739. The van der Waals surface area contributed by atoms with E-state index in [-0.39, 0.29) is 6.10 Å². The van der Waals surface area contributed by atoms with Crippen molar-refractivity contribution in [3.8, 4) is 5.19 Å². The van der Waals surface area contributed by atoms with Crippen LogP contribution in [-0.2, 0) is 0 Å². The predicted molar refractivity (Wildman–Crippen MR) is 46.1 cm³/mol. The Bertz CT molecular complexity index is 188. The van der Waals surface area contributed by atoms with Crippen LogP contribution in [0.15, 0.2) is 11.6 Å². The summed E-state index contributed by atoms with van der Waals surface area (Å²) in [6, 6.07) is 0. The highest BCUT2D eigenvalue weighted by molar-refractivity contribution is 7.11. The van der Waals surface area contributed by atoms with E-state index in [1.54, 1.807) is 6.20 Å². The highest BCUT2D eigenvalue weighted by atomic mass is 32.1. The summed E-state index contributed by atoms with van der Waals surface area (Å²) in [5.41, 5.74) is 0. The van der Waals surface area contributed by atoms with Gasteiger partial charge in [0.2, 0.25) is 0 Å². The van der Waals surface area contributed by atoms with Gasteiger partial charge in [-0.15, -0.1) is 0 Å². The Labute approximate surface area is 70.4 Å². The number of hydrogen-bond acceptors (Lipinski definition) is 4. The standard InChI is InChI=1S/C7H12N2OS/c1-6(5-8-2)10-7-9-3-4-11-7/h3-4,6,8H,5H2,1-2H3. The van der Waals surface area contributed by atoms with Gasteiger partial charge in [0.25, 0.3) is 5.19 Å². The van der Waals surface area contributed by atoms with E-state index in [9.17, 15) is 0 Å². The summed E-state index contributed by atoms with van der Waals surface area (Å²) in [5, 5.41) is 5.68. The van der Waals surface area contributed by atoms with E-state index in [1.165, 1.54) is 11.3 Å². The van der Waals surface area contributed by atoms with Crippen LogP contribution in [0.25, 0.3) is 0 Å². The third kappa shape index (κ3) is 2.86. The third-order valence-electron chi connectivity index (χ3n) is 1.20. The number of thiazole rings is 1. The average Bonchev–Trinajstić information content (AvgIpc) is 2.40. The fourth-order valence-electron chi connectivity index (χ4n) is 0.770. The zero-order valence-electron chi connectivity index (χ0n) is 6.70. The van der Waals surface area contributed by atoms with Gasteiger partial charge in [-0.05, 0) is 14.0 Å². The van der Waals surface area contributed by atoms with Crippen LogP contribution in [-0.4, -0.2) is 24.7 Å². The molecule has 0 aromatic carbocycles. The predicted octanol–water partition coefficient (Wildman–Crippen LogP) is 1.13. The summed E-state index contributed by atoms with van der Waals surface area (Å²) in [5.74, 6) is 0. The molecule has 0 amide bonds. The zero-order valence-corrected chi connectivity index (χ0v) is 7.52. The minimum atomic E-state index is 0.186. The van der Waals surface area contributed by atoms with Crippen molar-refractivity contribution in [2.75, 3.05) is 13.6 Å². The molecule has 11 heavy (non-hydrogen) atoms. The van der Waals surface area contributed by atoms with Crippen molar-refractivity contribution in [3.63, 3.8) is 0 Å². The highest BCUT2D eigenvalue weighted by Gasteiger charge is 2.02. The van der Waals surface area contributed by atoms with Crippen molar-refractivity contribution < 1.29 is 4.74 Å². The molecular formula is C7H12N2OS. The van der Waals surface area contributed by atoms with Crippen molar-refractivity contribution >= 4 is 11.3 Å². The summed E-state index contributed by atoms with van der Waals surface area (Å²) >= 11 is 1.52. The summed E-state index contributed by atoms with van der Waals surface area (Å²) in [7, 11) is 1.90. The molecule has 1 aromatic heterocycles. The number of aromatic nitrogens is 1. The van der Waals surface area contributed by atoms with Gasteiger partial charge in [-0.2, -0.15) is 0 Å². The summed E-state index contributed by atoms with van der Waals surface area (Å²) in [6.45, 7) is 2.86. The van der Waals surface area contributed by atoms with Crippen LogP contribution in [0.4, 0.5) is 0 Å². The first-order valence-electron chi connectivity index (χ1n) is 3.53. The molecule has 4 heteroatoms. The molecule has 1 aromatic rings. The topological polar surface area (TPSA) is 34.1 Å². The van der Waals surface area contributed by atoms with Gasteiger partial charge < -0.3 is 10.1 Å². The molecule has 0 spiro atoms. The van der Waals surface area contributed by atoms with Crippen LogP contribution in [0, 0.1) is 0 Å². The van der Waals surface area contributed by atoms with Crippen LogP contribution >= 0.6 is 11.3 Å². The lowest BCUT2D eigenvalue weighted by Crippen LogP contribution is -2.25. The van der Waals surface area contributed by atoms with Crippen LogP contribution in [0.1, 0.15) is 6.92 Å². The van der Waals surface area contributed by atoms with E-state index in [0.717, 1.165) is 11.7 Å². The smallest absolute Gasteiger partial charge is 0.273 e. The first-order valence-corrected chi connectivity index (χ1v) is 4.41. The fourth-order valence-corrected chi connectivity index (χ4v) is 1.35. The SMILES string of the molecule is CNCC(C)Oc1nccs1. The summed E-state index contributed by atoms with van der Waals surface area (Å²) in [6.07, 6.45) is 1.93. The highest BCUT2D eigenvalue weighted by Crippen LogP contribution is 2.14. The molecule has 1 rings (SSSR count). The lowest BCUT2D eigenvalue weighted by Gasteiger charge is -2.10. The van der Waals surface area contributed by atoms with Crippen molar-refractivity contribution in [2.45, 2.75) is 13.0 Å². The maximum atomic E-state index is 5.44. The molecule has 62 valence electrons. The molecule has 0 saturated heterocycles. The number of nitrogens with zero attached hydrogens (tertiary/aromatic N) is 1. The van der Waals surface area contributed by atoms with E-state index >= 15 is 0 Å². The minimum Gasteiger partial charge on any atom is -0.466 e. The lowest BCUT2D eigenvalue weighted by atomic mass is 10.4. The Kier molecular flexibility index (Phi) is 3.32. The van der Waals surface area contributed by atoms with Gasteiger partial charge in [-0.3, -0.25) is 0 Å². The number of nitrogens with one attached hydrogen (secondary N) is 1. The first-order chi connectivity index (χ1) is 5.33. The largest absolute Gasteiger partial charge is 0.466 e. The van der Waals surface area contributed by atoms with Crippen LogP contribution in [0.3, 0.4) is 0 Å². The molecule has 0 aliphatic carbocycles. The fraction of sp³-hybridized carbons (Fsp3) is 0.571. The van der Waals surface area contributed by atoms with Gasteiger partial charge in [0.05, 0.1) is 0 Å². The molecule has 0 bridgehead atoms. The van der Waals surface area contributed by atoms with Crippen molar-refractivity contribution in [3.05, 3.63) is 11.6 Å². The molecule has 0 fully saturated rings. The zero-order chi connectivity index (χ0) is 8.10. The second kappa shape index (κ2) is 4.31. The summed E-state index contributed by atoms with van der Waals surface area (Å²) < 4.78 is 5.44. The molecular weight excluding hydrogens is 160 g/mol. The van der Waals surface area contributed by atoms with E-state index in [4.69, 9.17) is 4.74 Å². The number of rotatable bonds is 4. The molecule has 1 heterocycles. The Hall–Kier alpha value is -0.610. The van der Waals surface area contributed by atoms with E-state index in [0.29, 0.717) is 0 Å². The van der Waals surface area contributed by atoms with Crippen molar-refractivity contribution in [1.29, 1.82) is 0 Å². The normalized spacial score (nSPS) is 12.9. The van der Waals surface area contributed by atoms with Crippen LogP contribution in [0.5, 0.6) is 5.19 Å². The maximum absolute atomic E-state index is 5.44. The Morgan fingerprint density at radius 2 is 2.64 bits per heavy atom. The monoisotopic (exact) mass is 172 g/mol. The van der Waals surface area contributed by atoms with Crippen molar-refractivity contribution in [1.82, 2.24) is 10.3 Å². The van der Waals surface area contributed by atoms with Gasteiger partial charge >= 0.3 is 0 Å². The van der Waals surface area contributed by atoms with Gasteiger partial charge in [0.15, 0.2) is 0 Å². The molecule has 0 aliphatic rings. The maximum Gasteiger partial charge on any atom is 0.273 e. The molecule has 1 unspecified atom stereocenters. The Morgan fingerprint density at radius 1 is 1.82 bits per heavy atom. The van der Waals surface area contributed by atoms with Crippen molar-refractivity contribution in [2.24, 2.45) is 0 Å². The number of ether oxygens (including phenoxy) is 1. The Morgan fingerprint density at radius 3 is 3.18 bits per heavy atom. The average molecular weight is 172 g/mol. The lowest BCUT2D eigenvalue weighted by molar-refractivity contribution is 0.219.